The molecule has 7 rings (SSSR count). The largest absolute Gasteiger partial charge is 0.451 e. The maximum absolute atomic E-state index is 15.1. The number of hydrogen-bond donors (Lipinski definition) is 0. The molecule has 2 saturated carbocycles. The second kappa shape index (κ2) is 29.0. The van der Waals surface area contributed by atoms with E-state index in [1.54, 1.807) is 0 Å². The second-order valence-corrected chi connectivity index (χ2v) is 27.0. The first-order valence-electron chi connectivity index (χ1n) is 31.2. The number of carbonyl (C=O) groups excluding carboxylic acids is 8. The maximum Gasteiger partial charge on any atom is 0.329 e. The van der Waals surface area contributed by atoms with E-state index in [4.69, 9.17) is 18.9 Å². The SMILES string of the molecule is CC(C)C[C@H]1C(=O)O[C@H](Cc2ccc(CN3CC4CCC3C4)cc2)C(=O)N(C)[C@@H](CC(C)C)C(=O)O[C@H](C)C(=O)N(C)[C@@H](CC(C)C)C(=O)O[C@H](Cc2ccc(CN3CC4CCC3C4)cc2)C(=O)N(C)[C@@H](CC(C)C)C(=O)O[C@H](C)C(=O)N1C. The lowest BCUT2D eigenvalue weighted by atomic mass is 9.99. The second-order valence-electron chi connectivity index (χ2n) is 27.0. The highest BCUT2D eigenvalue weighted by Gasteiger charge is 2.44. The van der Waals surface area contributed by atoms with Crippen molar-refractivity contribution in [3.8, 4) is 0 Å². The van der Waals surface area contributed by atoms with Crippen LogP contribution in [0.3, 0.4) is 0 Å². The molecule has 84 heavy (non-hydrogen) atoms. The minimum absolute atomic E-state index is 0.0731. The Balaban J connectivity index is 1.22. The molecule has 18 heteroatoms. The van der Waals surface area contributed by atoms with Gasteiger partial charge in [-0.2, -0.15) is 0 Å². The van der Waals surface area contributed by atoms with E-state index >= 15 is 9.59 Å². The van der Waals surface area contributed by atoms with Gasteiger partial charge in [-0.1, -0.05) is 104 Å². The van der Waals surface area contributed by atoms with Gasteiger partial charge >= 0.3 is 23.9 Å². The molecule has 0 N–H and O–H groups in total. The third-order valence-electron chi connectivity index (χ3n) is 18.2. The van der Waals surface area contributed by atoms with Gasteiger partial charge in [-0.15, -0.1) is 0 Å². The molecule has 4 bridgehead atoms. The Bertz CT molecular complexity index is 2430. The molecule has 0 aromatic heterocycles. The number of esters is 4. The molecule has 2 aromatic carbocycles. The van der Waals surface area contributed by atoms with Gasteiger partial charge in [0.2, 0.25) is 0 Å². The number of nitrogens with zero attached hydrogens (tertiary/aromatic N) is 6. The first kappa shape index (κ1) is 65.7. The van der Waals surface area contributed by atoms with Gasteiger partial charge in [-0.3, -0.25) is 29.0 Å². The molecule has 4 unspecified atom stereocenters. The predicted octanol–water partition coefficient (Wildman–Crippen LogP) is 7.63. The monoisotopic (exact) mass is 1170 g/mol. The van der Waals surface area contributed by atoms with Crippen molar-refractivity contribution in [2.75, 3.05) is 41.3 Å². The number of ether oxygens (including phenoxy) is 4. The molecular formula is C66H98N6O12. The first-order valence-corrected chi connectivity index (χ1v) is 31.2. The van der Waals surface area contributed by atoms with Crippen LogP contribution in [0.25, 0.3) is 0 Å². The van der Waals surface area contributed by atoms with E-state index in [0.717, 1.165) is 49.1 Å². The van der Waals surface area contributed by atoms with Gasteiger partial charge in [0.25, 0.3) is 23.6 Å². The van der Waals surface area contributed by atoms with Crippen molar-refractivity contribution in [1.82, 2.24) is 29.4 Å². The summed E-state index contributed by atoms with van der Waals surface area (Å²) in [6.07, 6.45) is 1.83. The first-order chi connectivity index (χ1) is 39.7. The van der Waals surface area contributed by atoms with Crippen LogP contribution in [-0.2, 0) is 83.2 Å². The quantitative estimate of drug-likeness (QED) is 0.118. The van der Waals surface area contributed by atoms with E-state index in [2.05, 4.69) is 9.80 Å². The molecule has 0 spiro atoms. The molecule has 0 radical (unpaired) electrons. The Morgan fingerprint density at radius 2 is 0.667 bits per heavy atom. The zero-order chi connectivity index (χ0) is 61.4. The molecule has 3 saturated heterocycles. The summed E-state index contributed by atoms with van der Waals surface area (Å²) in [6.45, 7) is 21.6. The number of likely N-dealkylation sites (N-methyl/N-ethyl adjacent to an activating group) is 4. The Hall–Kier alpha value is -5.88. The Kier molecular flexibility index (Phi) is 22.7. The molecule has 18 nitrogen and oxygen atoms in total. The van der Waals surface area contributed by atoms with Crippen molar-refractivity contribution in [1.29, 1.82) is 0 Å². The van der Waals surface area contributed by atoms with Gasteiger partial charge in [0, 0.05) is 79.3 Å². The number of amides is 4. The number of likely N-dealkylation sites (tertiary alicyclic amines) is 2. The van der Waals surface area contributed by atoms with Crippen molar-refractivity contribution in [3.63, 3.8) is 0 Å². The van der Waals surface area contributed by atoms with Crippen molar-refractivity contribution < 1.29 is 57.3 Å². The fourth-order valence-corrected chi connectivity index (χ4v) is 13.4. The van der Waals surface area contributed by atoms with Gasteiger partial charge in [0.05, 0.1) is 0 Å². The fraction of sp³-hybridized carbons (Fsp3) is 0.697. The summed E-state index contributed by atoms with van der Waals surface area (Å²) in [6, 6.07) is 11.9. The van der Waals surface area contributed by atoms with E-state index < -0.39 is 96.1 Å². The van der Waals surface area contributed by atoms with Gasteiger partial charge in [-0.05, 0) is 136 Å². The van der Waals surface area contributed by atoms with E-state index in [-0.39, 0.29) is 62.2 Å². The smallest absolute Gasteiger partial charge is 0.329 e. The van der Waals surface area contributed by atoms with Crippen molar-refractivity contribution >= 4 is 47.5 Å². The number of fused-ring (bicyclic) bond motifs is 4. The summed E-state index contributed by atoms with van der Waals surface area (Å²) in [5.41, 5.74) is 3.61. The van der Waals surface area contributed by atoms with Crippen molar-refractivity contribution in [3.05, 3.63) is 70.8 Å². The molecule has 3 aliphatic heterocycles. The summed E-state index contributed by atoms with van der Waals surface area (Å²) in [5.74, 6) is -5.55. The van der Waals surface area contributed by atoms with Crippen LogP contribution in [0.1, 0.15) is 156 Å². The maximum atomic E-state index is 15.1. The molecule has 4 amide bonds. The lowest BCUT2D eigenvalue weighted by Crippen LogP contribution is -2.55. The number of carbonyl (C=O) groups is 8. The minimum Gasteiger partial charge on any atom is -0.451 e. The lowest BCUT2D eigenvalue weighted by molar-refractivity contribution is -0.176. The van der Waals surface area contributed by atoms with E-state index in [0.29, 0.717) is 23.2 Å². The van der Waals surface area contributed by atoms with Crippen molar-refractivity contribution in [2.24, 2.45) is 35.5 Å². The zero-order valence-electron chi connectivity index (χ0n) is 52.8. The van der Waals surface area contributed by atoms with Crippen LogP contribution in [0.2, 0.25) is 0 Å². The molecule has 12 atom stereocenters. The summed E-state index contributed by atoms with van der Waals surface area (Å²) >= 11 is 0. The summed E-state index contributed by atoms with van der Waals surface area (Å²) in [7, 11) is 5.71. The highest BCUT2D eigenvalue weighted by Crippen LogP contribution is 2.39. The minimum atomic E-state index is -1.49. The topological polar surface area (TPSA) is 193 Å². The summed E-state index contributed by atoms with van der Waals surface area (Å²) in [4.78, 5) is 128. The number of cyclic esters (lactones) is 4. The normalized spacial score (nSPS) is 29.6. The third kappa shape index (κ3) is 16.8. The van der Waals surface area contributed by atoms with E-state index in [9.17, 15) is 28.8 Å². The van der Waals surface area contributed by atoms with Crippen LogP contribution in [0.5, 0.6) is 0 Å². The summed E-state index contributed by atoms with van der Waals surface area (Å²) in [5, 5.41) is 0. The molecule has 2 aromatic rings. The van der Waals surface area contributed by atoms with E-state index in [1.165, 1.54) is 100 Å². The molecule has 464 valence electrons. The molecule has 3 heterocycles. The fourth-order valence-electron chi connectivity index (χ4n) is 13.4. The van der Waals surface area contributed by atoms with Crippen molar-refractivity contribution in [2.45, 2.75) is 220 Å². The van der Waals surface area contributed by atoms with Crippen LogP contribution in [0.15, 0.2) is 48.5 Å². The Morgan fingerprint density at radius 1 is 0.393 bits per heavy atom. The molecule has 2 aliphatic carbocycles. The Labute approximate surface area is 499 Å². The molecule has 5 aliphatic rings. The summed E-state index contributed by atoms with van der Waals surface area (Å²) < 4.78 is 24.5. The lowest BCUT2D eigenvalue weighted by Gasteiger charge is -2.35. The average Bonchev–Trinajstić information content (AvgIpc) is 4.42. The van der Waals surface area contributed by atoms with Crippen LogP contribution < -0.4 is 0 Å². The van der Waals surface area contributed by atoms with Crippen LogP contribution in [-0.4, -0.2) is 179 Å². The predicted molar refractivity (Wildman–Crippen MR) is 318 cm³/mol. The van der Waals surface area contributed by atoms with Gasteiger partial charge in [-0.25, -0.2) is 19.2 Å². The third-order valence-corrected chi connectivity index (χ3v) is 18.2. The van der Waals surface area contributed by atoms with Gasteiger partial charge in [0.1, 0.15) is 24.2 Å². The molecular weight excluding hydrogens is 1070 g/mol. The number of hydrogen-bond acceptors (Lipinski definition) is 14. The number of rotatable bonds is 16. The standard InChI is InChI=1S/C66H98N6O12/c1-39(2)27-53-63(77)81-43(9)59(73)67(11)56(30-42(7)8)66(80)84-58(34-46-17-21-48(22-18-46)36-72-38-50-24-26-52(72)32-50)62(76)70(14)54(28-40(3)4)64(78)82-44(10)60(74)68(12)55(29-41(5)6)65(79)83-57(61(75)69(53)13)33-45-15-19-47(20-16-45)35-71-37-49-23-25-51(71)31-49/h15-22,39-44,49-58H,23-38H2,1-14H3/t43-,44-,49?,50?,51?,52?,53+,54+,55+,56+,57-,58-/m1/s1. The molecule has 5 fully saturated rings. The van der Waals surface area contributed by atoms with Crippen LogP contribution in [0, 0.1) is 35.5 Å². The number of piperidine rings is 2. The van der Waals surface area contributed by atoms with Crippen LogP contribution in [0.4, 0.5) is 0 Å². The highest BCUT2D eigenvalue weighted by atomic mass is 16.6. The average molecular weight is 1170 g/mol. The Morgan fingerprint density at radius 3 is 0.929 bits per heavy atom. The van der Waals surface area contributed by atoms with Gasteiger partial charge < -0.3 is 38.5 Å². The zero-order valence-corrected chi connectivity index (χ0v) is 52.8. The van der Waals surface area contributed by atoms with Gasteiger partial charge in [0.15, 0.2) is 24.4 Å². The number of benzene rings is 2. The highest BCUT2D eigenvalue weighted by molar-refractivity contribution is 5.94. The van der Waals surface area contributed by atoms with E-state index in [1.807, 2.05) is 104 Å². The van der Waals surface area contributed by atoms with Crippen LogP contribution >= 0.6 is 0 Å².